The quantitative estimate of drug-likeness (QED) is 0.914. The molecule has 1 aliphatic carbocycles. The molecule has 0 bridgehead atoms. The summed E-state index contributed by atoms with van der Waals surface area (Å²) in [5.74, 6) is 0.0146. The molecular weight excluding hydrogens is 278 g/mol. The first-order valence-electron chi connectivity index (χ1n) is 7.84. The summed E-state index contributed by atoms with van der Waals surface area (Å²) in [6.45, 7) is 2.52. The molecule has 1 unspecified atom stereocenters. The molecule has 116 valence electrons. The first-order valence-corrected chi connectivity index (χ1v) is 7.84. The Morgan fingerprint density at radius 2 is 2.14 bits per heavy atom. The van der Waals surface area contributed by atoms with Crippen LogP contribution in [0.25, 0.3) is 0 Å². The second-order valence-electron chi connectivity index (χ2n) is 5.85. The SMILES string of the molecule is CC(NC(=O)CCn1cnnn1)c1ccc2c(c1)CCCC2. The molecule has 1 amide bonds. The molecule has 1 aliphatic rings. The van der Waals surface area contributed by atoms with E-state index < -0.39 is 0 Å². The molecule has 6 heteroatoms. The number of fused-ring (bicyclic) bond motifs is 1. The molecule has 6 nitrogen and oxygen atoms in total. The van der Waals surface area contributed by atoms with Gasteiger partial charge in [0.2, 0.25) is 5.91 Å². The summed E-state index contributed by atoms with van der Waals surface area (Å²) in [5, 5.41) is 13.9. The van der Waals surface area contributed by atoms with Gasteiger partial charge in [-0.2, -0.15) is 0 Å². The molecule has 0 aliphatic heterocycles. The number of aryl methyl sites for hydroxylation is 3. The molecule has 22 heavy (non-hydrogen) atoms. The summed E-state index contributed by atoms with van der Waals surface area (Å²) in [4.78, 5) is 12.0. The number of carbonyl (C=O) groups excluding carboxylic acids is 1. The zero-order valence-corrected chi connectivity index (χ0v) is 12.8. The lowest BCUT2D eigenvalue weighted by Crippen LogP contribution is -2.27. The van der Waals surface area contributed by atoms with Gasteiger partial charge in [-0.15, -0.1) is 5.10 Å². The monoisotopic (exact) mass is 299 g/mol. The highest BCUT2D eigenvalue weighted by Gasteiger charge is 2.14. The van der Waals surface area contributed by atoms with E-state index in [1.54, 1.807) is 4.68 Å². The number of hydrogen-bond donors (Lipinski definition) is 1. The van der Waals surface area contributed by atoms with Crippen LogP contribution in [0.2, 0.25) is 0 Å². The number of hydrogen-bond acceptors (Lipinski definition) is 4. The number of nitrogens with zero attached hydrogens (tertiary/aromatic N) is 4. The average molecular weight is 299 g/mol. The maximum Gasteiger partial charge on any atom is 0.222 e. The van der Waals surface area contributed by atoms with E-state index in [0.29, 0.717) is 13.0 Å². The van der Waals surface area contributed by atoms with E-state index in [2.05, 4.69) is 39.0 Å². The summed E-state index contributed by atoms with van der Waals surface area (Å²) in [6.07, 6.45) is 6.78. The maximum absolute atomic E-state index is 12.0. The Hall–Kier alpha value is -2.24. The molecule has 1 heterocycles. The van der Waals surface area contributed by atoms with Crippen LogP contribution in [-0.4, -0.2) is 26.1 Å². The Labute approximate surface area is 129 Å². The molecule has 1 aromatic carbocycles. The van der Waals surface area contributed by atoms with Crippen LogP contribution in [0, 0.1) is 0 Å². The van der Waals surface area contributed by atoms with Crippen LogP contribution in [-0.2, 0) is 24.2 Å². The van der Waals surface area contributed by atoms with E-state index in [-0.39, 0.29) is 11.9 Å². The van der Waals surface area contributed by atoms with Crippen LogP contribution >= 0.6 is 0 Å². The average Bonchev–Trinajstić information content (AvgIpc) is 3.06. The lowest BCUT2D eigenvalue weighted by Gasteiger charge is -2.20. The largest absolute Gasteiger partial charge is 0.350 e. The van der Waals surface area contributed by atoms with Gasteiger partial charge in [-0.3, -0.25) is 4.79 Å². The highest BCUT2D eigenvalue weighted by atomic mass is 16.1. The predicted octanol–water partition coefficient (Wildman–Crippen LogP) is 1.82. The van der Waals surface area contributed by atoms with Gasteiger partial charge in [0.05, 0.1) is 12.6 Å². The van der Waals surface area contributed by atoms with Crippen molar-refractivity contribution >= 4 is 5.91 Å². The number of amides is 1. The van der Waals surface area contributed by atoms with Gasteiger partial charge in [-0.1, -0.05) is 18.2 Å². The number of carbonyl (C=O) groups is 1. The minimum absolute atomic E-state index is 0.0146. The number of nitrogens with one attached hydrogen (secondary N) is 1. The van der Waals surface area contributed by atoms with Gasteiger partial charge in [0, 0.05) is 6.42 Å². The molecule has 0 saturated carbocycles. The Bertz CT molecular complexity index is 638. The number of benzene rings is 1. The molecule has 3 rings (SSSR count). The standard InChI is InChI=1S/C16H21N5O/c1-12(18-16(22)8-9-21-11-17-19-20-21)14-7-6-13-4-2-3-5-15(13)10-14/h6-7,10-12H,2-5,8-9H2,1H3,(H,18,22). The number of rotatable bonds is 5. The first kappa shape index (κ1) is 14.7. The molecule has 0 fully saturated rings. The normalized spacial score (nSPS) is 15.1. The summed E-state index contributed by atoms with van der Waals surface area (Å²) < 4.78 is 1.56. The van der Waals surface area contributed by atoms with Gasteiger partial charge >= 0.3 is 0 Å². The van der Waals surface area contributed by atoms with Gasteiger partial charge < -0.3 is 5.32 Å². The van der Waals surface area contributed by atoms with Crippen LogP contribution in [0.3, 0.4) is 0 Å². The Morgan fingerprint density at radius 3 is 2.91 bits per heavy atom. The Morgan fingerprint density at radius 1 is 1.32 bits per heavy atom. The van der Waals surface area contributed by atoms with Gasteiger partial charge in [-0.05, 0) is 59.7 Å². The van der Waals surface area contributed by atoms with E-state index in [9.17, 15) is 4.79 Å². The fourth-order valence-electron chi connectivity index (χ4n) is 2.92. The fourth-order valence-corrected chi connectivity index (χ4v) is 2.92. The Balaban J connectivity index is 1.56. The van der Waals surface area contributed by atoms with Crippen molar-refractivity contribution in [2.75, 3.05) is 0 Å². The highest BCUT2D eigenvalue weighted by molar-refractivity contribution is 5.76. The first-order chi connectivity index (χ1) is 10.7. The molecule has 0 spiro atoms. The summed E-state index contributed by atoms with van der Waals surface area (Å²) in [6, 6.07) is 6.62. The van der Waals surface area contributed by atoms with Crippen LogP contribution in [0.5, 0.6) is 0 Å². The van der Waals surface area contributed by atoms with E-state index in [1.807, 2.05) is 6.92 Å². The fraction of sp³-hybridized carbons (Fsp3) is 0.500. The van der Waals surface area contributed by atoms with Crippen LogP contribution in [0.1, 0.15) is 48.9 Å². The minimum atomic E-state index is 0.0146. The lowest BCUT2D eigenvalue weighted by molar-refractivity contribution is -0.122. The second kappa shape index (κ2) is 6.68. The van der Waals surface area contributed by atoms with Crippen LogP contribution in [0.4, 0.5) is 0 Å². The van der Waals surface area contributed by atoms with Crippen molar-refractivity contribution < 1.29 is 4.79 Å². The minimum Gasteiger partial charge on any atom is -0.350 e. The zero-order chi connectivity index (χ0) is 15.4. The van der Waals surface area contributed by atoms with Crippen molar-refractivity contribution in [3.8, 4) is 0 Å². The van der Waals surface area contributed by atoms with Crippen LogP contribution < -0.4 is 5.32 Å². The topological polar surface area (TPSA) is 72.7 Å². The van der Waals surface area contributed by atoms with Gasteiger partial charge in [0.15, 0.2) is 0 Å². The van der Waals surface area contributed by atoms with Crippen molar-refractivity contribution in [2.45, 2.75) is 51.6 Å². The van der Waals surface area contributed by atoms with Gasteiger partial charge in [0.1, 0.15) is 6.33 Å². The Kier molecular flexibility index (Phi) is 4.46. The number of aromatic nitrogens is 4. The van der Waals surface area contributed by atoms with Crippen molar-refractivity contribution in [3.63, 3.8) is 0 Å². The third kappa shape index (κ3) is 3.50. The second-order valence-corrected chi connectivity index (χ2v) is 5.85. The van der Waals surface area contributed by atoms with Crippen molar-refractivity contribution in [2.24, 2.45) is 0 Å². The molecule has 1 atom stereocenters. The van der Waals surface area contributed by atoms with E-state index in [0.717, 1.165) is 6.42 Å². The summed E-state index contributed by atoms with van der Waals surface area (Å²) in [7, 11) is 0. The van der Waals surface area contributed by atoms with Gasteiger partial charge in [-0.25, -0.2) is 4.68 Å². The van der Waals surface area contributed by atoms with E-state index >= 15 is 0 Å². The van der Waals surface area contributed by atoms with Crippen molar-refractivity contribution in [1.82, 2.24) is 25.5 Å². The zero-order valence-electron chi connectivity index (χ0n) is 12.8. The van der Waals surface area contributed by atoms with Crippen molar-refractivity contribution in [3.05, 3.63) is 41.2 Å². The maximum atomic E-state index is 12.0. The molecule has 0 saturated heterocycles. The molecule has 2 aromatic rings. The van der Waals surface area contributed by atoms with E-state index in [1.165, 1.54) is 42.3 Å². The lowest BCUT2D eigenvalue weighted by atomic mass is 9.89. The third-order valence-electron chi connectivity index (χ3n) is 4.21. The smallest absolute Gasteiger partial charge is 0.222 e. The number of tetrazole rings is 1. The molecule has 1 N–H and O–H groups in total. The summed E-state index contributed by atoms with van der Waals surface area (Å²) >= 11 is 0. The molecule has 0 radical (unpaired) electrons. The predicted molar refractivity (Wildman–Crippen MR) is 82.1 cm³/mol. The van der Waals surface area contributed by atoms with Crippen molar-refractivity contribution in [1.29, 1.82) is 0 Å². The molecular formula is C16H21N5O. The summed E-state index contributed by atoms with van der Waals surface area (Å²) in [5.41, 5.74) is 4.09. The van der Waals surface area contributed by atoms with Gasteiger partial charge in [0.25, 0.3) is 0 Å². The third-order valence-corrected chi connectivity index (χ3v) is 4.21. The highest BCUT2D eigenvalue weighted by Crippen LogP contribution is 2.24. The van der Waals surface area contributed by atoms with E-state index in [4.69, 9.17) is 0 Å². The van der Waals surface area contributed by atoms with Crippen LogP contribution in [0.15, 0.2) is 24.5 Å². The molecule has 1 aromatic heterocycles.